The number of fused-ring (bicyclic) bond motifs is 4. The molecule has 0 aliphatic heterocycles. The Hall–Kier alpha value is -0.590. The van der Waals surface area contributed by atoms with Crippen molar-refractivity contribution < 1.29 is 4.79 Å². The summed E-state index contributed by atoms with van der Waals surface area (Å²) in [5, 5.41) is 0. The van der Waals surface area contributed by atoms with Gasteiger partial charge in [-0.3, -0.25) is 4.79 Å². The van der Waals surface area contributed by atoms with Crippen molar-refractivity contribution in [2.75, 3.05) is 0 Å². The highest BCUT2D eigenvalue weighted by atomic mass is 16.1. The molecule has 0 aromatic rings. The molecule has 1 spiro atoms. The van der Waals surface area contributed by atoms with E-state index in [0.717, 1.165) is 47.5 Å². The van der Waals surface area contributed by atoms with Gasteiger partial charge in [0.1, 0.15) is 0 Å². The molecule has 1 nitrogen and oxygen atoms in total. The monoisotopic (exact) mass is 410 g/mol. The van der Waals surface area contributed by atoms with Crippen LogP contribution in [0.2, 0.25) is 0 Å². The minimum Gasteiger partial charge on any atom is -0.294 e. The Bertz CT molecular complexity index is 735. The number of ketones is 1. The van der Waals surface area contributed by atoms with Gasteiger partial charge < -0.3 is 0 Å². The molecule has 9 atom stereocenters. The summed E-state index contributed by atoms with van der Waals surface area (Å²) in [6.45, 7) is 16.7. The molecule has 30 heavy (non-hydrogen) atoms. The first-order valence-corrected chi connectivity index (χ1v) is 13.4. The van der Waals surface area contributed by atoms with Crippen LogP contribution in [0.1, 0.15) is 105 Å². The maximum absolute atomic E-state index is 13.6. The Morgan fingerprint density at radius 2 is 1.77 bits per heavy atom. The van der Waals surface area contributed by atoms with Crippen molar-refractivity contribution in [3.8, 4) is 0 Å². The van der Waals surface area contributed by atoms with Gasteiger partial charge in [-0.15, -0.1) is 0 Å². The summed E-state index contributed by atoms with van der Waals surface area (Å²) in [7, 11) is 0. The average molecular weight is 411 g/mol. The maximum atomic E-state index is 13.6. The number of hydrogen-bond acceptors (Lipinski definition) is 1. The molecule has 0 radical (unpaired) electrons. The molecule has 168 valence electrons. The summed E-state index contributed by atoms with van der Waals surface area (Å²) in [4.78, 5) is 13.6. The molecule has 0 aromatic heterocycles. The number of allylic oxidation sites excluding steroid dienone is 1. The van der Waals surface area contributed by atoms with Crippen LogP contribution < -0.4 is 0 Å². The average Bonchev–Trinajstić information content (AvgIpc) is 3.32. The third-order valence-corrected chi connectivity index (χ3v) is 12.0. The van der Waals surface area contributed by atoms with Crippen LogP contribution in [0.15, 0.2) is 12.2 Å². The lowest BCUT2D eigenvalue weighted by atomic mass is 9.54. The molecule has 0 saturated heterocycles. The van der Waals surface area contributed by atoms with Crippen molar-refractivity contribution in [2.45, 2.75) is 105 Å². The van der Waals surface area contributed by atoms with Crippen molar-refractivity contribution in [1.29, 1.82) is 0 Å². The van der Waals surface area contributed by atoms with Gasteiger partial charge in [-0.1, -0.05) is 60.5 Å². The molecule has 1 heteroatoms. The van der Waals surface area contributed by atoms with Crippen LogP contribution in [0, 0.1) is 57.7 Å². The van der Waals surface area contributed by atoms with Crippen LogP contribution in [-0.4, -0.2) is 5.78 Å². The maximum Gasteiger partial charge on any atom is 0.165 e. The smallest absolute Gasteiger partial charge is 0.165 e. The second-order valence-corrected chi connectivity index (χ2v) is 13.4. The summed E-state index contributed by atoms with van der Waals surface area (Å²) < 4.78 is 0. The predicted molar refractivity (Wildman–Crippen MR) is 125 cm³/mol. The lowest BCUT2D eigenvalue weighted by molar-refractivity contribution is -0.129. The first kappa shape index (κ1) is 21.3. The van der Waals surface area contributed by atoms with E-state index in [-0.39, 0.29) is 10.8 Å². The third-order valence-electron chi connectivity index (χ3n) is 12.0. The van der Waals surface area contributed by atoms with Crippen LogP contribution in [0.5, 0.6) is 0 Å². The van der Waals surface area contributed by atoms with Gasteiger partial charge in [0.25, 0.3) is 0 Å². The van der Waals surface area contributed by atoms with E-state index in [1.54, 1.807) is 0 Å². The van der Waals surface area contributed by atoms with Gasteiger partial charge in [-0.2, -0.15) is 0 Å². The molecule has 5 saturated carbocycles. The molecule has 5 rings (SSSR count). The van der Waals surface area contributed by atoms with E-state index in [2.05, 4.69) is 41.2 Å². The lowest BCUT2D eigenvalue weighted by Crippen LogP contribution is -2.45. The quantitative estimate of drug-likeness (QED) is 0.422. The standard InChI is InChI=1S/C29H46O/c1-18(2)8-7-9-19(3)23-10-11-24-22-17-29-21(16-20(4)26(29)30)12-15-28(29,6)25(22)13-14-27(23,24)5/h18-19,21-25H,4,7-17H2,1-3,5-6H3/t19-,21-,22+,23-,24+,25+,27-,28-,29-/m1/s1. The predicted octanol–water partition coefficient (Wildman–Crippen LogP) is 7.84. The zero-order valence-corrected chi connectivity index (χ0v) is 20.4. The van der Waals surface area contributed by atoms with E-state index in [0.29, 0.717) is 17.1 Å². The summed E-state index contributed by atoms with van der Waals surface area (Å²) in [6, 6.07) is 0. The molecule has 0 bridgehead atoms. The van der Waals surface area contributed by atoms with Gasteiger partial charge in [-0.05, 0) is 109 Å². The Labute approximate surface area is 185 Å². The van der Waals surface area contributed by atoms with Crippen molar-refractivity contribution in [3.63, 3.8) is 0 Å². The third kappa shape index (κ3) is 2.56. The summed E-state index contributed by atoms with van der Waals surface area (Å²) in [6.07, 6.45) is 14.7. The van der Waals surface area contributed by atoms with Crippen LogP contribution in [-0.2, 0) is 4.79 Å². The molecule has 5 aliphatic rings. The SMILES string of the molecule is C=C1C[C@H]2CC[C@]3(C)[C@H]4CC[C@]5(C)[C@@H]([C@H](C)CCCC(C)C)CC[C@H]5[C@@H]4C[C@]23C1=O. The minimum atomic E-state index is -0.0222. The zero-order chi connectivity index (χ0) is 21.5. The van der Waals surface area contributed by atoms with Gasteiger partial charge in [0.15, 0.2) is 5.78 Å². The normalized spacial score (nSPS) is 50.5. The van der Waals surface area contributed by atoms with E-state index >= 15 is 0 Å². The molecule has 0 unspecified atom stereocenters. The molecular formula is C29H46O. The highest BCUT2D eigenvalue weighted by molar-refractivity contribution is 6.03. The molecule has 5 aliphatic carbocycles. The topological polar surface area (TPSA) is 17.1 Å². The van der Waals surface area contributed by atoms with Gasteiger partial charge in [0, 0.05) is 5.41 Å². The molecule has 5 fully saturated rings. The molecule has 0 N–H and O–H groups in total. The highest BCUT2D eigenvalue weighted by Crippen LogP contribution is 2.78. The fourth-order valence-corrected chi connectivity index (χ4v) is 10.6. The Balaban J connectivity index is 1.39. The Morgan fingerprint density at radius 3 is 2.50 bits per heavy atom. The van der Waals surface area contributed by atoms with Crippen molar-refractivity contribution in [3.05, 3.63) is 12.2 Å². The van der Waals surface area contributed by atoms with Crippen molar-refractivity contribution >= 4 is 5.78 Å². The van der Waals surface area contributed by atoms with E-state index in [9.17, 15) is 4.79 Å². The van der Waals surface area contributed by atoms with Gasteiger partial charge in [0.2, 0.25) is 0 Å². The van der Waals surface area contributed by atoms with Gasteiger partial charge in [0.05, 0.1) is 0 Å². The number of hydrogen-bond donors (Lipinski definition) is 0. The first-order chi connectivity index (χ1) is 14.1. The molecular weight excluding hydrogens is 364 g/mol. The highest BCUT2D eigenvalue weighted by Gasteiger charge is 2.74. The fraction of sp³-hybridized carbons (Fsp3) is 0.897. The second kappa shape index (κ2) is 6.95. The Morgan fingerprint density at radius 1 is 1.00 bits per heavy atom. The van der Waals surface area contributed by atoms with Crippen LogP contribution in [0.3, 0.4) is 0 Å². The van der Waals surface area contributed by atoms with E-state index in [4.69, 9.17) is 0 Å². The van der Waals surface area contributed by atoms with Crippen LogP contribution in [0.4, 0.5) is 0 Å². The van der Waals surface area contributed by atoms with E-state index in [1.165, 1.54) is 64.2 Å². The largest absolute Gasteiger partial charge is 0.294 e. The first-order valence-electron chi connectivity index (χ1n) is 13.4. The fourth-order valence-electron chi connectivity index (χ4n) is 10.6. The van der Waals surface area contributed by atoms with Gasteiger partial charge in [-0.25, -0.2) is 0 Å². The number of rotatable bonds is 5. The van der Waals surface area contributed by atoms with Crippen LogP contribution >= 0.6 is 0 Å². The van der Waals surface area contributed by atoms with Crippen molar-refractivity contribution in [1.82, 2.24) is 0 Å². The molecule has 0 amide bonds. The number of carbonyl (C=O) groups excluding carboxylic acids is 1. The van der Waals surface area contributed by atoms with E-state index < -0.39 is 0 Å². The summed E-state index contributed by atoms with van der Waals surface area (Å²) in [5.41, 5.74) is 1.74. The molecule has 0 aromatic carbocycles. The second-order valence-electron chi connectivity index (χ2n) is 13.4. The number of carbonyl (C=O) groups is 1. The summed E-state index contributed by atoms with van der Waals surface area (Å²) in [5.74, 6) is 6.20. The van der Waals surface area contributed by atoms with E-state index in [1.807, 2.05) is 0 Å². The minimum absolute atomic E-state index is 0.0222. The van der Waals surface area contributed by atoms with Crippen molar-refractivity contribution in [2.24, 2.45) is 57.7 Å². The lowest BCUT2D eigenvalue weighted by Gasteiger charge is -2.51. The summed E-state index contributed by atoms with van der Waals surface area (Å²) >= 11 is 0. The Kier molecular flexibility index (Phi) is 4.93. The van der Waals surface area contributed by atoms with Gasteiger partial charge >= 0.3 is 0 Å². The molecule has 0 heterocycles. The number of Topliss-reactive ketones (excluding diaryl/α,β-unsaturated/α-hetero) is 1. The van der Waals surface area contributed by atoms with Crippen LogP contribution in [0.25, 0.3) is 0 Å². The zero-order valence-electron chi connectivity index (χ0n) is 20.4.